The number of rotatable bonds is 7. The zero-order chi connectivity index (χ0) is 15.8. The molecule has 116 valence electrons. The van der Waals surface area contributed by atoms with Gasteiger partial charge in [0.25, 0.3) is 0 Å². The van der Waals surface area contributed by atoms with Gasteiger partial charge in [0.05, 0.1) is 12.7 Å². The van der Waals surface area contributed by atoms with E-state index in [2.05, 4.69) is 0 Å². The number of hydrogen-bond acceptors (Lipinski definition) is 4. The van der Waals surface area contributed by atoms with Crippen molar-refractivity contribution in [1.82, 2.24) is 0 Å². The lowest BCUT2D eigenvalue weighted by molar-refractivity contribution is -0.150. The summed E-state index contributed by atoms with van der Waals surface area (Å²) in [5, 5.41) is 0. The van der Waals surface area contributed by atoms with E-state index >= 15 is 0 Å². The standard InChI is InChI=1S/C18H21NO3/c1-14(21-12-15-8-4-2-5-9-15)17(19)18(20)22-13-16-10-6-3-7-11-16/h2-11,14,17H,12-13,19H2,1H3/t14-,17-/m1/s1. The molecule has 2 atom stereocenters. The highest BCUT2D eigenvalue weighted by atomic mass is 16.5. The first-order valence-corrected chi connectivity index (χ1v) is 7.28. The van der Waals surface area contributed by atoms with Crippen molar-refractivity contribution in [2.75, 3.05) is 0 Å². The summed E-state index contributed by atoms with van der Waals surface area (Å²) >= 11 is 0. The molecule has 0 unspecified atom stereocenters. The van der Waals surface area contributed by atoms with Crippen LogP contribution < -0.4 is 5.73 Å². The summed E-state index contributed by atoms with van der Waals surface area (Å²) < 4.78 is 10.9. The minimum absolute atomic E-state index is 0.221. The molecule has 2 aromatic rings. The third kappa shape index (κ3) is 4.98. The first kappa shape index (κ1) is 16.2. The number of nitrogens with two attached hydrogens (primary N) is 1. The van der Waals surface area contributed by atoms with E-state index in [1.807, 2.05) is 60.7 Å². The van der Waals surface area contributed by atoms with Crippen LogP contribution in [0, 0.1) is 0 Å². The maximum absolute atomic E-state index is 11.9. The second kappa shape index (κ2) is 8.32. The smallest absolute Gasteiger partial charge is 0.325 e. The molecule has 0 heterocycles. The van der Waals surface area contributed by atoms with E-state index in [4.69, 9.17) is 15.2 Å². The van der Waals surface area contributed by atoms with Crippen molar-refractivity contribution in [3.05, 3.63) is 71.8 Å². The van der Waals surface area contributed by atoms with Crippen molar-refractivity contribution in [3.8, 4) is 0 Å². The molecule has 2 N–H and O–H groups in total. The molecule has 0 amide bonds. The number of benzene rings is 2. The summed E-state index contributed by atoms with van der Waals surface area (Å²) in [5.74, 6) is -0.454. The topological polar surface area (TPSA) is 61.5 Å². The lowest BCUT2D eigenvalue weighted by Gasteiger charge is -2.19. The minimum atomic E-state index is -0.799. The second-order valence-electron chi connectivity index (χ2n) is 5.12. The van der Waals surface area contributed by atoms with Crippen molar-refractivity contribution in [2.24, 2.45) is 5.73 Å². The van der Waals surface area contributed by atoms with Gasteiger partial charge in [-0.1, -0.05) is 60.7 Å². The molecule has 0 aliphatic carbocycles. The van der Waals surface area contributed by atoms with Crippen molar-refractivity contribution >= 4 is 5.97 Å². The number of hydrogen-bond donors (Lipinski definition) is 1. The molecule has 0 saturated heterocycles. The van der Waals surface area contributed by atoms with E-state index in [-0.39, 0.29) is 6.61 Å². The van der Waals surface area contributed by atoms with Gasteiger partial charge >= 0.3 is 5.97 Å². The van der Waals surface area contributed by atoms with Crippen LogP contribution in [0.2, 0.25) is 0 Å². The van der Waals surface area contributed by atoms with Gasteiger partial charge in [-0.05, 0) is 18.1 Å². The Morgan fingerprint density at radius 1 is 0.955 bits per heavy atom. The van der Waals surface area contributed by atoms with Crippen LogP contribution in [0.3, 0.4) is 0 Å². The van der Waals surface area contributed by atoms with Crippen LogP contribution in [0.1, 0.15) is 18.1 Å². The molecule has 2 rings (SSSR count). The largest absolute Gasteiger partial charge is 0.460 e. The molecular formula is C18H21NO3. The van der Waals surface area contributed by atoms with Gasteiger partial charge in [0.15, 0.2) is 0 Å². The molecule has 4 nitrogen and oxygen atoms in total. The summed E-state index contributed by atoms with van der Waals surface area (Å²) in [6.45, 7) is 2.41. The highest BCUT2D eigenvalue weighted by molar-refractivity contribution is 5.76. The van der Waals surface area contributed by atoms with E-state index in [9.17, 15) is 4.79 Å². The lowest BCUT2D eigenvalue weighted by Crippen LogP contribution is -2.42. The van der Waals surface area contributed by atoms with Gasteiger partial charge in [-0.3, -0.25) is 4.79 Å². The Hall–Kier alpha value is -2.17. The van der Waals surface area contributed by atoms with Crippen molar-refractivity contribution in [1.29, 1.82) is 0 Å². The molecule has 4 heteroatoms. The molecule has 0 radical (unpaired) electrons. The molecule has 0 aromatic heterocycles. The molecule has 0 bridgehead atoms. The summed E-state index contributed by atoms with van der Waals surface area (Å²) in [5.41, 5.74) is 7.86. The van der Waals surface area contributed by atoms with Crippen LogP contribution in [-0.4, -0.2) is 18.1 Å². The Balaban J connectivity index is 1.77. The van der Waals surface area contributed by atoms with Crippen LogP contribution in [0.5, 0.6) is 0 Å². The van der Waals surface area contributed by atoms with E-state index in [0.29, 0.717) is 6.61 Å². The Labute approximate surface area is 130 Å². The summed E-state index contributed by atoms with van der Waals surface area (Å²) in [4.78, 5) is 11.9. The second-order valence-corrected chi connectivity index (χ2v) is 5.12. The van der Waals surface area contributed by atoms with Gasteiger partial charge in [0.1, 0.15) is 12.6 Å². The molecule has 22 heavy (non-hydrogen) atoms. The molecular weight excluding hydrogens is 278 g/mol. The SMILES string of the molecule is C[C@@H](OCc1ccccc1)[C@@H](N)C(=O)OCc1ccccc1. The van der Waals surface area contributed by atoms with Crippen LogP contribution in [0.4, 0.5) is 0 Å². The van der Waals surface area contributed by atoms with E-state index in [1.165, 1.54) is 0 Å². The van der Waals surface area contributed by atoms with Gasteiger partial charge in [0.2, 0.25) is 0 Å². The Bertz CT molecular complexity index is 571. The number of carbonyl (C=O) groups excluding carboxylic acids is 1. The van der Waals surface area contributed by atoms with E-state index < -0.39 is 18.1 Å². The summed E-state index contributed by atoms with van der Waals surface area (Å²) in [7, 11) is 0. The number of ether oxygens (including phenoxy) is 2. The molecule has 0 aliphatic heterocycles. The fraction of sp³-hybridized carbons (Fsp3) is 0.278. The third-order valence-electron chi connectivity index (χ3n) is 3.36. The summed E-state index contributed by atoms with van der Waals surface area (Å²) in [6, 6.07) is 18.5. The predicted octanol–water partition coefficient (Wildman–Crippen LogP) is 2.66. The average Bonchev–Trinajstić information content (AvgIpc) is 2.58. The van der Waals surface area contributed by atoms with Crippen molar-refractivity contribution in [2.45, 2.75) is 32.3 Å². The third-order valence-corrected chi connectivity index (χ3v) is 3.36. The molecule has 0 aliphatic rings. The Kier molecular flexibility index (Phi) is 6.13. The molecule has 0 saturated carbocycles. The molecule has 2 aromatic carbocycles. The zero-order valence-corrected chi connectivity index (χ0v) is 12.6. The van der Waals surface area contributed by atoms with Gasteiger partial charge in [-0.15, -0.1) is 0 Å². The van der Waals surface area contributed by atoms with Gasteiger partial charge in [0, 0.05) is 0 Å². The molecule has 0 spiro atoms. The van der Waals surface area contributed by atoms with Crippen LogP contribution in [0.15, 0.2) is 60.7 Å². The van der Waals surface area contributed by atoms with Crippen LogP contribution in [0.25, 0.3) is 0 Å². The van der Waals surface area contributed by atoms with E-state index in [1.54, 1.807) is 6.92 Å². The predicted molar refractivity (Wildman–Crippen MR) is 84.9 cm³/mol. The van der Waals surface area contributed by atoms with Crippen molar-refractivity contribution < 1.29 is 14.3 Å². The summed E-state index contributed by atoms with van der Waals surface area (Å²) in [6.07, 6.45) is -0.413. The fourth-order valence-electron chi connectivity index (χ4n) is 1.92. The monoisotopic (exact) mass is 299 g/mol. The van der Waals surface area contributed by atoms with E-state index in [0.717, 1.165) is 11.1 Å². The fourth-order valence-corrected chi connectivity index (χ4v) is 1.92. The van der Waals surface area contributed by atoms with Crippen LogP contribution >= 0.6 is 0 Å². The Morgan fingerprint density at radius 3 is 2.00 bits per heavy atom. The quantitative estimate of drug-likeness (QED) is 0.798. The first-order chi connectivity index (χ1) is 10.7. The Morgan fingerprint density at radius 2 is 1.45 bits per heavy atom. The maximum Gasteiger partial charge on any atom is 0.325 e. The minimum Gasteiger partial charge on any atom is -0.460 e. The maximum atomic E-state index is 11.9. The zero-order valence-electron chi connectivity index (χ0n) is 12.6. The normalized spacial score (nSPS) is 13.4. The van der Waals surface area contributed by atoms with Gasteiger partial charge < -0.3 is 15.2 Å². The first-order valence-electron chi connectivity index (χ1n) is 7.28. The van der Waals surface area contributed by atoms with Gasteiger partial charge in [-0.25, -0.2) is 0 Å². The lowest BCUT2D eigenvalue weighted by atomic mass is 10.2. The van der Waals surface area contributed by atoms with Crippen LogP contribution in [-0.2, 0) is 27.5 Å². The highest BCUT2D eigenvalue weighted by Gasteiger charge is 2.23. The highest BCUT2D eigenvalue weighted by Crippen LogP contribution is 2.07. The number of carbonyl (C=O) groups is 1. The molecule has 0 fully saturated rings. The van der Waals surface area contributed by atoms with Crippen molar-refractivity contribution in [3.63, 3.8) is 0 Å². The number of esters is 1. The van der Waals surface area contributed by atoms with Gasteiger partial charge in [-0.2, -0.15) is 0 Å². The average molecular weight is 299 g/mol.